The molecule has 1 heterocycles. The number of rotatable bonds is 9. The third kappa shape index (κ3) is 6.23. The number of hydrogen-bond donors (Lipinski definition) is 1. The zero-order chi connectivity index (χ0) is 27.4. The second kappa shape index (κ2) is 12.4. The van der Waals surface area contributed by atoms with Crippen LogP contribution in [0.5, 0.6) is 17.2 Å². The molecule has 1 N–H and O–H groups in total. The van der Waals surface area contributed by atoms with Crippen LogP contribution in [0.4, 0.5) is 8.78 Å². The maximum atomic E-state index is 15.1. The van der Waals surface area contributed by atoms with Crippen LogP contribution >= 0.6 is 11.6 Å². The summed E-state index contributed by atoms with van der Waals surface area (Å²) in [6, 6.07) is 16.8. The lowest BCUT2D eigenvalue weighted by molar-refractivity contribution is 0.198. The molecule has 1 unspecified atom stereocenters. The van der Waals surface area contributed by atoms with E-state index in [0.717, 1.165) is 84.5 Å². The summed E-state index contributed by atoms with van der Waals surface area (Å²) < 4.78 is 39.3. The van der Waals surface area contributed by atoms with Crippen LogP contribution in [0, 0.1) is 5.82 Å². The smallest absolute Gasteiger partial charge is 0.173 e. The molecule has 3 aromatic rings. The van der Waals surface area contributed by atoms with Gasteiger partial charge >= 0.3 is 0 Å². The van der Waals surface area contributed by atoms with Gasteiger partial charge in [0.1, 0.15) is 17.6 Å². The van der Waals surface area contributed by atoms with Crippen LogP contribution in [0.2, 0.25) is 5.02 Å². The third-order valence-corrected chi connectivity index (χ3v) is 7.73. The molecule has 2 aliphatic rings. The minimum atomic E-state index is -0.484. The SMILES string of the molecule is CCOc1c(F)cc(C2=C(c3ccc(OC4CCN(CCCF)C4)cc3)c3ccc(O)cc3CCC2)cc1Cl. The Morgan fingerprint density at radius 2 is 1.87 bits per heavy atom. The molecule has 0 radical (unpaired) electrons. The normalized spacial score (nSPS) is 17.7. The molecular formula is C32H34ClF2NO3. The highest BCUT2D eigenvalue weighted by molar-refractivity contribution is 6.32. The second-order valence-corrected chi connectivity index (χ2v) is 10.6. The summed E-state index contributed by atoms with van der Waals surface area (Å²) in [5, 5.41) is 10.4. The van der Waals surface area contributed by atoms with Crippen LogP contribution in [0.1, 0.15) is 54.9 Å². The Bertz CT molecular complexity index is 1320. The van der Waals surface area contributed by atoms with Gasteiger partial charge in [-0.3, -0.25) is 9.29 Å². The summed E-state index contributed by atoms with van der Waals surface area (Å²) in [6.45, 7) is 4.31. The summed E-state index contributed by atoms with van der Waals surface area (Å²) in [6.07, 6.45) is 3.94. The number of fused-ring (bicyclic) bond motifs is 1. The van der Waals surface area contributed by atoms with Gasteiger partial charge in [-0.15, -0.1) is 0 Å². The molecule has 206 valence electrons. The summed E-state index contributed by atoms with van der Waals surface area (Å²) in [5.74, 6) is 0.600. The number of alkyl halides is 1. The van der Waals surface area contributed by atoms with Crippen LogP contribution in [0.3, 0.4) is 0 Å². The van der Waals surface area contributed by atoms with E-state index in [0.29, 0.717) is 13.0 Å². The van der Waals surface area contributed by atoms with E-state index in [-0.39, 0.29) is 29.3 Å². The van der Waals surface area contributed by atoms with Gasteiger partial charge < -0.3 is 14.6 Å². The van der Waals surface area contributed by atoms with Crippen molar-refractivity contribution in [2.24, 2.45) is 0 Å². The molecule has 0 saturated carbocycles. The van der Waals surface area contributed by atoms with Crippen molar-refractivity contribution in [1.82, 2.24) is 4.90 Å². The number of ether oxygens (including phenoxy) is 2. The van der Waals surface area contributed by atoms with Crippen molar-refractivity contribution in [3.63, 3.8) is 0 Å². The lowest BCUT2D eigenvalue weighted by Crippen LogP contribution is -2.26. The van der Waals surface area contributed by atoms with Crippen LogP contribution in [-0.4, -0.2) is 49.0 Å². The van der Waals surface area contributed by atoms with Crippen molar-refractivity contribution in [2.75, 3.05) is 32.9 Å². The number of halogens is 3. The Hall–Kier alpha value is -3.09. The Morgan fingerprint density at radius 3 is 2.62 bits per heavy atom. The van der Waals surface area contributed by atoms with Crippen molar-refractivity contribution < 1.29 is 23.4 Å². The van der Waals surface area contributed by atoms with E-state index in [4.69, 9.17) is 21.1 Å². The Kier molecular flexibility index (Phi) is 8.73. The number of allylic oxidation sites excluding steroid dienone is 1. The number of nitrogens with zero attached hydrogens (tertiary/aromatic N) is 1. The number of phenolic OH excluding ortho intramolecular Hbond substituents is 1. The molecule has 0 bridgehead atoms. The molecule has 1 fully saturated rings. The summed E-state index contributed by atoms with van der Waals surface area (Å²) >= 11 is 6.47. The van der Waals surface area contributed by atoms with Crippen LogP contribution in [0.25, 0.3) is 11.1 Å². The van der Waals surface area contributed by atoms with E-state index < -0.39 is 5.82 Å². The standard InChI is InChI=1S/C32H34ClF2NO3/c1-2-38-32-29(33)18-23(19-30(32)35)27-6-3-5-22-17-24(37)9-12-28(22)31(27)21-7-10-25(11-8-21)39-26-13-16-36(20-26)15-4-14-34/h7-12,17-19,26,37H,2-6,13-16,20H2,1H3. The monoisotopic (exact) mass is 553 g/mol. The van der Waals surface area contributed by atoms with E-state index in [2.05, 4.69) is 4.90 Å². The molecule has 1 saturated heterocycles. The van der Waals surface area contributed by atoms with Gasteiger partial charge in [0.2, 0.25) is 0 Å². The third-order valence-electron chi connectivity index (χ3n) is 7.45. The number of likely N-dealkylation sites (tertiary alicyclic amines) is 1. The fraction of sp³-hybridized carbons (Fsp3) is 0.375. The summed E-state index contributed by atoms with van der Waals surface area (Å²) in [4.78, 5) is 2.24. The lowest BCUT2D eigenvalue weighted by Gasteiger charge is -2.19. The highest BCUT2D eigenvalue weighted by Crippen LogP contribution is 2.43. The first kappa shape index (κ1) is 27.5. The molecule has 0 spiro atoms. The van der Waals surface area contributed by atoms with E-state index in [1.165, 1.54) is 6.07 Å². The maximum Gasteiger partial charge on any atom is 0.173 e. The van der Waals surface area contributed by atoms with E-state index >= 15 is 4.39 Å². The number of aromatic hydroxyl groups is 1. The van der Waals surface area contributed by atoms with Crippen molar-refractivity contribution in [3.8, 4) is 17.2 Å². The van der Waals surface area contributed by atoms with Crippen molar-refractivity contribution in [1.29, 1.82) is 0 Å². The second-order valence-electron chi connectivity index (χ2n) is 10.1. The minimum Gasteiger partial charge on any atom is -0.508 e. The van der Waals surface area contributed by atoms with E-state index in [1.54, 1.807) is 19.1 Å². The minimum absolute atomic E-state index is 0.0701. The molecule has 7 heteroatoms. The first-order chi connectivity index (χ1) is 19.0. The van der Waals surface area contributed by atoms with Crippen LogP contribution < -0.4 is 9.47 Å². The average molecular weight is 554 g/mol. The molecule has 39 heavy (non-hydrogen) atoms. The predicted octanol–water partition coefficient (Wildman–Crippen LogP) is 7.69. The molecule has 4 nitrogen and oxygen atoms in total. The fourth-order valence-electron chi connectivity index (χ4n) is 5.68. The van der Waals surface area contributed by atoms with Gasteiger partial charge in [-0.2, -0.15) is 0 Å². The average Bonchev–Trinajstić information content (AvgIpc) is 3.28. The Morgan fingerprint density at radius 1 is 1.05 bits per heavy atom. The van der Waals surface area contributed by atoms with Crippen molar-refractivity contribution >= 4 is 22.7 Å². The zero-order valence-electron chi connectivity index (χ0n) is 22.2. The van der Waals surface area contributed by atoms with Gasteiger partial charge in [-0.1, -0.05) is 29.8 Å². The molecule has 3 aromatic carbocycles. The van der Waals surface area contributed by atoms with Crippen molar-refractivity contribution in [3.05, 3.63) is 87.7 Å². The first-order valence-electron chi connectivity index (χ1n) is 13.7. The van der Waals surface area contributed by atoms with Gasteiger partial charge in [0.05, 0.1) is 18.3 Å². The van der Waals surface area contributed by atoms with Crippen LogP contribution in [-0.2, 0) is 6.42 Å². The molecule has 1 aliphatic heterocycles. The summed E-state index contributed by atoms with van der Waals surface area (Å²) in [5.41, 5.74) is 5.75. The highest BCUT2D eigenvalue weighted by atomic mass is 35.5. The van der Waals surface area contributed by atoms with Gasteiger partial charge in [-0.05, 0) is 109 Å². The molecule has 5 rings (SSSR count). The quantitative estimate of drug-likeness (QED) is 0.295. The predicted molar refractivity (Wildman–Crippen MR) is 152 cm³/mol. The van der Waals surface area contributed by atoms with Gasteiger partial charge in [0.25, 0.3) is 0 Å². The van der Waals surface area contributed by atoms with E-state index in [9.17, 15) is 9.50 Å². The number of phenols is 1. The topological polar surface area (TPSA) is 41.9 Å². The molecule has 0 aromatic heterocycles. The van der Waals surface area contributed by atoms with E-state index in [1.807, 2.05) is 36.4 Å². The highest BCUT2D eigenvalue weighted by Gasteiger charge is 2.25. The fourth-order valence-corrected chi connectivity index (χ4v) is 5.94. The van der Waals surface area contributed by atoms with Gasteiger partial charge in [-0.25, -0.2) is 4.39 Å². The first-order valence-corrected chi connectivity index (χ1v) is 14.1. The number of aryl methyl sites for hydroxylation is 1. The number of benzene rings is 3. The van der Waals surface area contributed by atoms with Gasteiger partial charge in [0.15, 0.2) is 11.6 Å². The summed E-state index contributed by atoms with van der Waals surface area (Å²) in [7, 11) is 0. The Labute approximate surface area is 233 Å². The van der Waals surface area contributed by atoms with Crippen molar-refractivity contribution in [2.45, 2.75) is 45.1 Å². The molecule has 1 atom stereocenters. The molecule has 0 amide bonds. The van der Waals surface area contributed by atoms with Gasteiger partial charge in [0, 0.05) is 19.6 Å². The largest absolute Gasteiger partial charge is 0.508 e. The maximum absolute atomic E-state index is 15.1. The lowest BCUT2D eigenvalue weighted by atomic mass is 9.87. The number of hydrogen-bond acceptors (Lipinski definition) is 4. The molecule has 1 aliphatic carbocycles. The Balaban J connectivity index is 1.51. The zero-order valence-corrected chi connectivity index (χ0v) is 22.9. The molecular weight excluding hydrogens is 520 g/mol. The van der Waals surface area contributed by atoms with Crippen LogP contribution in [0.15, 0.2) is 54.6 Å².